The smallest absolute Gasteiger partial charge is 0.311 e. The first-order valence-corrected chi connectivity index (χ1v) is 14.1. The van der Waals surface area contributed by atoms with Gasteiger partial charge < -0.3 is 25.1 Å². The van der Waals surface area contributed by atoms with E-state index >= 15 is 0 Å². The molecule has 2 heterocycles. The molecule has 1 aliphatic carbocycles. The topological polar surface area (TPSA) is 151 Å². The van der Waals surface area contributed by atoms with Gasteiger partial charge in [-0.25, -0.2) is 4.98 Å². The Morgan fingerprint density at radius 2 is 1.67 bits per heavy atom. The summed E-state index contributed by atoms with van der Waals surface area (Å²) in [6.07, 6.45) is 4.89. The van der Waals surface area contributed by atoms with Gasteiger partial charge in [0.05, 0.1) is 16.3 Å². The van der Waals surface area contributed by atoms with Crippen LogP contribution in [0.25, 0.3) is 16.6 Å². The van der Waals surface area contributed by atoms with Crippen molar-refractivity contribution in [2.75, 3.05) is 23.7 Å². The van der Waals surface area contributed by atoms with Gasteiger partial charge in [0, 0.05) is 6.04 Å². The zero-order chi connectivity index (χ0) is 26.9. The van der Waals surface area contributed by atoms with Crippen molar-refractivity contribution in [3.05, 3.63) is 12.4 Å². The van der Waals surface area contributed by atoms with E-state index in [2.05, 4.69) is 20.3 Å². The van der Waals surface area contributed by atoms with Crippen LogP contribution >= 0.6 is 7.14 Å². The van der Waals surface area contributed by atoms with E-state index in [0.717, 1.165) is 12.8 Å². The van der Waals surface area contributed by atoms with Crippen LogP contribution in [0, 0.1) is 10.8 Å². The summed E-state index contributed by atoms with van der Waals surface area (Å²) in [7, 11) is -3.65. The van der Waals surface area contributed by atoms with Crippen molar-refractivity contribution < 1.29 is 23.6 Å². The SMILES string of the molecule is CC/C=C(/n1cnc2nc(N)nc(NC3CC3)c21)P(=O)(COC(=O)C(C)(C)C)COC(=O)C(C)(C)C. The number of carbonyl (C=O) groups is 2. The van der Waals surface area contributed by atoms with Gasteiger partial charge in [-0.1, -0.05) is 13.0 Å². The molecule has 0 radical (unpaired) electrons. The number of nitrogen functional groups attached to an aromatic ring is 1. The average molecular weight is 521 g/mol. The summed E-state index contributed by atoms with van der Waals surface area (Å²) >= 11 is 0. The van der Waals surface area contributed by atoms with E-state index in [1.165, 1.54) is 6.33 Å². The number of fused-ring (bicyclic) bond motifs is 1. The van der Waals surface area contributed by atoms with E-state index in [1.807, 2.05) is 6.92 Å². The fourth-order valence-electron chi connectivity index (χ4n) is 3.21. The van der Waals surface area contributed by atoms with Crippen LogP contribution in [0.1, 0.15) is 67.7 Å². The third kappa shape index (κ3) is 6.43. The number of imidazole rings is 1. The zero-order valence-electron chi connectivity index (χ0n) is 22.1. The quantitative estimate of drug-likeness (QED) is 0.353. The minimum absolute atomic E-state index is 0.0679. The molecule has 2 aromatic rings. The maximum absolute atomic E-state index is 14.6. The summed E-state index contributed by atoms with van der Waals surface area (Å²) in [6, 6.07) is 0.261. The monoisotopic (exact) mass is 520 g/mol. The molecule has 0 unspecified atom stereocenters. The Balaban J connectivity index is 2.09. The number of ether oxygens (including phenoxy) is 2. The lowest BCUT2D eigenvalue weighted by Crippen LogP contribution is -2.26. The highest BCUT2D eigenvalue weighted by Gasteiger charge is 2.37. The number of nitrogens with two attached hydrogens (primary N) is 1. The number of aromatic nitrogens is 4. The number of nitrogens with zero attached hydrogens (tertiary/aromatic N) is 4. The summed E-state index contributed by atoms with van der Waals surface area (Å²) in [5, 5.41) is 3.34. The highest BCUT2D eigenvalue weighted by Crippen LogP contribution is 2.57. The van der Waals surface area contributed by atoms with Crippen LogP contribution in [0.15, 0.2) is 12.4 Å². The van der Waals surface area contributed by atoms with E-state index in [9.17, 15) is 14.2 Å². The van der Waals surface area contributed by atoms with Gasteiger partial charge in [-0.2, -0.15) is 9.97 Å². The van der Waals surface area contributed by atoms with E-state index in [1.54, 1.807) is 52.2 Å². The molecular weight excluding hydrogens is 483 g/mol. The van der Waals surface area contributed by atoms with Crippen LogP contribution in [0.4, 0.5) is 11.8 Å². The van der Waals surface area contributed by atoms with Gasteiger partial charge in [-0.05, 0) is 60.8 Å². The van der Waals surface area contributed by atoms with Crippen molar-refractivity contribution in [2.24, 2.45) is 10.8 Å². The molecule has 1 saturated carbocycles. The molecule has 36 heavy (non-hydrogen) atoms. The molecule has 0 aromatic carbocycles. The molecule has 0 atom stereocenters. The van der Waals surface area contributed by atoms with Crippen LogP contribution in [-0.4, -0.2) is 50.2 Å². The number of hydrogen-bond acceptors (Lipinski definition) is 10. The summed E-state index contributed by atoms with van der Waals surface area (Å²) in [6.45, 7) is 12.2. The second-order valence-electron chi connectivity index (χ2n) is 11.1. The van der Waals surface area contributed by atoms with Crippen molar-refractivity contribution in [3.63, 3.8) is 0 Å². The molecule has 0 bridgehead atoms. The minimum Gasteiger partial charge on any atom is -0.457 e. The standard InChI is InChI=1S/C24H37N6O5P/c1-8-9-16(30-12-26-18-17(30)19(27-15-10-11-15)29-22(25)28-18)36(33,13-34-20(31)23(2,3)4)14-35-21(32)24(5,6)7/h9,12,15H,8,10-11,13-14H2,1-7H3,(H3,25,27,28,29)/b16-9-. The number of rotatable bonds is 9. The van der Waals surface area contributed by atoms with Gasteiger partial charge in [-0.3, -0.25) is 14.2 Å². The molecular formula is C24H37N6O5P. The third-order valence-corrected chi connectivity index (χ3v) is 7.75. The molecule has 11 nitrogen and oxygen atoms in total. The van der Waals surface area contributed by atoms with E-state index in [-0.39, 0.29) is 12.0 Å². The number of carbonyl (C=O) groups excluding carboxylic acids is 2. The predicted octanol–water partition coefficient (Wildman–Crippen LogP) is 4.65. The maximum atomic E-state index is 14.6. The Kier molecular flexibility index (Phi) is 7.83. The van der Waals surface area contributed by atoms with E-state index < -0.39 is 42.6 Å². The maximum Gasteiger partial charge on any atom is 0.311 e. The van der Waals surface area contributed by atoms with Crippen LogP contribution < -0.4 is 11.1 Å². The Hall–Kier alpha value is -2.94. The molecule has 0 aliphatic heterocycles. The second kappa shape index (κ2) is 10.2. The first-order chi connectivity index (χ1) is 16.7. The Morgan fingerprint density at radius 3 is 2.14 bits per heavy atom. The number of anilines is 2. The Morgan fingerprint density at radius 1 is 1.11 bits per heavy atom. The van der Waals surface area contributed by atoms with Gasteiger partial charge in [0.15, 0.2) is 24.2 Å². The highest BCUT2D eigenvalue weighted by molar-refractivity contribution is 7.73. The lowest BCUT2D eigenvalue weighted by atomic mass is 9.98. The Bertz CT molecular complexity index is 1190. The number of allylic oxidation sites excluding steroid dienone is 1. The lowest BCUT2D eigenvalue weighted by molar-refractivity contribution is -0.151. The average Bonchev–Trinajstić information content (AvgIpc) is 3.49. The van der Waals surface area contributed by atoms with Crippen LogP contribution in [0.2, 0.25) is 0 Å². The molecule has 0 saturated heterocycles. The van der Waals surface area contributed by atoms with Gasteiger partial charge in [0.2, 0.25) is 13.1 Å². The molecule has 1 aliphatic rings. The van der Waals surface area contributed by atoms with E-state index in [0.29, 0.717) is 28.8 Å². The minimum atomic E-state index is -3.65. The summed E-state index contributed by atoms with van der Waals surface area (Å²) in [5.41, 5.74) is 5.46. The molecule has 0 spiro atoms. The van der Waals surface area contributed by atoms with Crippen LogP contribution in [-0.2, 0) is 23.6 Å². The first kappa shape index (κ1) is 27.6. The molecule has 3 N–H and O–H groups in total. The summed E-state index contributed by atoms with van der Waals surface area (Å²) in [5.74, 6) is -0.477. The number of nitrogens with one attached hydrogen (secondary N) is 1. The number of esters is 2. The van der Waals surface area contributed by atoms with Crippen molar-refractivity contribution in [3.8, 4) is 0 Å². The zero-order valence-corrected chi connectivity index (χ0v) is 23.0. The lowest BCUT2D eigenvalue weighted by Gasteiger charge is -2.26. The molecule has 198 valence electrons. The molecule has 3 rings (SSSR count). The van der Waals surface area contributed by atoms with Crippen molar-refractivity contribution >= 4 is 47.4 Å². The predicted molar refractivity (Wildman–Crippen MR) is 139 cm³/mol. The normalized spacial score (nSPS) is 15.1. The van der Waals surface area contributed by atoms with E-state index in [4.69, 9.17) is 15.2 Å². The molecule has 1 fully saturated rings. The summed E-state index contributed by atoms with van der Waals surface area (Å²) in [4.78, 5) is 38.1. The fourth-order valence-corrected chi connectivity index (χ4v) is 5.26. The molecule has 12 heteroatoms. The van der Waals surface area contributed by atoms with Crippen molar-refractivity contribution in [1.29, 1.82) is 0 Å². The van der Waals surface area contributed by atoms with Gasteiger partial charge in [0.25, 0.3) is 0 Å². The molecule has 2 aromatic heterocycles. The second-order valence-corrected chi connectivity index (χ2v) is 13.9. The van der Waals surface area contributed by atoms with Gasteiger partial charge >= 0.3 is 11.9 Å². The van der Waals surface area contributed by atoms with Gasteiger partial charge in [-0.15, -0.1) is 0 Å². The van der Waals surface area contributed by atoms with Crippen LogP contribution in [0.3, 0.4) is 0 Å². The van der Waals surface area contributed by atoms with Crippen LogP contribution in [0.5, 0.6) is 0 Å². The van der Waals surface area contributed by atoms with Crippen molar-refractivity contribution in [1.82, 2.24) is 19.5 Å². The highest BCUT2D eigenvalue weighted by atomic mass is 31.2. The largest absolute Gasteiger partial charge is 0.457 e. The summed E-state index contributed by atoms with van der Waals surface area (Å²) < 4.78 is 27.2. The molecule has 0 amide bonds. The van der Waals surface area contributed by atoms with Crippen molar-refractivity contribution in [2.45, 2.75) is 73.8 Å². The Labute approximate surface area is 211 Å². The van der Waals surface area contributed by atoms with Gasteiger partial charge in [0.1, 0.15) is 11.8 Å². The third-order valence-electron chi connectivity index (χ3n) is 5.42. The number of hydrogen-bond donors (Lipinski definition) is 2. The first-order valence-electron chi connectivity index (χ1n) is 12.1. The fraction of sp³-hybridized carbons (Fsp3) is 0.625.